The van der Waals surface area contributed by atoms with Crippen molar-refractivity contribution < 1.29 is 9.53 Å². The van der Waals surface area contributed by atoms with Crippen LogP contribution in [-0.4, -0.2) is 24.7 Å². The van der Waals surface area contributed by atoms with E-state index in [2.05, 4.69) is 12.2 Å². The lowest BCUT2D eigenvalue weighted by Crippen LogP contribution is -2.27. The van der Waals surface area contributed by atoms with Gasteiger partial charge < -0.3 is 10.1 Å². The number of hydrogen-bond donors (Lipinski definition) is 1. The van der Waals surface area contributed by atoms with Crippen molar-refractivity contribution in [1.29, 1.82) is 0 Å². The summed E-state index contributed by atoms with van der Waals surface area (Å²) in [6, 6.07) is 9.37. The summed E-state index contributed by atoms with van der Waals surface area (Å²) in [6.45, 7) is 2.92. The van der Waals surface area contributed by atoms with Crippen LogP contribution >= 0.6 is 0 Å². The molecule has 0 aliphatic carbocycles. The highest BCUT2D eigenvalue weighted by atomic mass is 16.5. The van der Waals surface area contributed by atoms with Crippen molar-refractivity contribution in [3.63, 3.8) is 0 Å². The lowest BCUT2D eigenvalue weighted by molar-refractivity contribution is 0.0350. The molecule has 116 valence electrons. The number of hydrogen-bond acceptors (Lipinski definition) is 2. The maximum Gasteiger partial charge on any atom is 0.251 e. The molecular weight excluding hydrogens is 262 g/mol. The van der Waals surface area contributed by atoms with Gasteiger partial charge in [-0.1, -0.05) is 44.4 Å². The van der Waals surface area contributed by atoms with Crippen molar-refractivity contribution in [3.8, 4) is 0 Å². The minimum Gasteiger partial charge on any atom is -0.375 e. The van der Waals surface area contributed by atoms with Crippen LogP contribution in [0, 0.1) is 0 Å². The number of ether oxygens (including phenoxy) is 1. The highest BCUT2D eigenvalue weighted by Gasteiger charge is 2.24. The van der Waals surface area contributed by atoms with E-state index in [-0.39, 0.29) is 5.91 Å². The first-order valence-corrected chi connectivity index (χ1v) is 8.28. The average Bonchev–Trinajstić information content (AvgIpc) is 2.96. The molecule has 1 amide bonds. The number of carbonyl (C=O) groups excluding carboxylic acids is 1. The number of nitrogens with one attached hydrogen (secondary N) is 1. The first-order chi connectivity index (χ1) is 10.3. The number of rotatable bonds is 8. The van der Waals surface area contributed by atoms with Crippen LogP contribution in [0.4, 0.5) is 0 Å². The third kappa shape index (κ3) is 5.50. The van der Waals surface area contributed by atoms with Gasteiger partial charge in [0.05, 0.1) is 12.2 Å². The molecule has 3 heteroatoms. The molecule has 0 saturated carbocycles. The third-order valence-corrected chi connectivity index (χ3v) is 4.11. The molecule has 1 saturated heterocycles. The fourth-order valence-electron chi connectivity index (χ4n) is 2.87. The molecule has 0 spiro atoms. The van der Waals surface area contributed by atoms with Crippen molar-refractivity contribution in [2.24, 2.45) is 0 Å². The highest BCUT2D eigenvalue weighted by molar-refractivity contribution is 5.94. The molecule has 21 heavy (non-hydrogen) atoms. The van der Waals surface area contributed by atoms with Crippen LogP contribution in [0.5, 0.6) is 0 Å². The monoisotopic (exact) mass is 289 g/mol. The fraction of sp³-hybridized carbons (Fsp3) is 0.611. The Morgan fingerprint density at radius 1 is 1.14 bits per heavy atom. The van der Waals surface area contributed by atoms with Gasteiger partial charge in [0, 0.05) is 12.1 Å². The molecule has 1 aromatic rings. The van der Waals surface area contributed by atoms with Crippen LogP contribution in [0.3, 0.4) is 0 Å². The molecule has 0 radical (unpaired) electrons. The van der Waals surface area contributed by atoms with Crippen LogP contribution in [-0.2, 0) is 4.74 Å². The second-order valence-corrected chi connectivity index (χ2v) is 5.86. The minimum absolute atomic E-state index is 0.00749. The normalized spacial score (nSPS) is 21.4. The third-order valence-electron chi connectivity index (χ3n) is 4.11. The Hall–Kier alpha value is -1.35. The average molecular weight is 289 g/mol. The maximum atomic E-state index is 11.9. The predicted octanol–water partition coefficient (Wildman–Crippen LogP) is 3.93. The van der Waals surface area contributed by atoms with Gasteiger partial charge >= 0.3 is 0 Å². The topological polar surface area (TPSA) is 38.3 Å². The SMILES string of the molecule is CCCCCC1CCC(CCNC(=O)c2ccccc2)O1. The Morgan fingerprint density at radius 3 is 2.57 bits per heavy atom. The van der Waals surface area contributed by atoms with Crippen LogP contribution < -0.4 is 5.32 Å². The molecular formula is C18H27NO2. The zero-order valence-corrected chi connectivity index (χ0v) is 13.0. The number of amides is 1. The second-order valence-electron chi connectivity index (χ2n) is 5.86. The summed E-state index contributed by atoms with van der Waals surface area (Å²) in [7, 11) is 0. The van der Waals surface area contributed by atoms with Crippen LogP contribution in [0.25, 0.3) is 0 Å². The Balaban J connectivity index is 1.60. The molecule has 1 heterocycles. The van der Waals surface area contributed by atoms with Crippen molar-refractivity contribution in [1.82, 2.24) is 5.32 Å². The molecule has 1 aromatic carbocycles. The zero-order valence-electron chi connectivity index (χ0n) is 13.0. The van der Waals surface area contributed by atoms with Crippen molar-refractivity contribution in [2.45, 2.75) is 64.1 Å². The van der Waals surface area contributed by atoms with E-state index >= 15 is 0 Å². The zero-order chi connectivity index (χ0) is 14.9. The van der Waals surface area contributed by atoms with E-state index in [9.17, 15) is 4.79 Å². The van der Waals surface area contributed by atoms with Gasteiger partial charge in [0.2, 0.25) is 0 Å². The van der Waals surface area contributed by atoms with Crippen molar-refractivity contribution in [2.75, 3.05) is 6.54 Å². The van der Waals surface area contributed by atoms with E-state index < -0.39 is 0 Å². The Bertz CT molecular complexity index is 418. The van der Waals surface area contributed by atoms with Gasteiger partial charge in [0.15, 0.2) is 0 Å². The summed E-state index contributed by atoms with van der Waals surface area (Å²) < 4.78 is 6.04. The molecule has 2 unspecified atom stereocenters. The Labute approximate surface area is 128 Å². The highest BCUT2D eigenvalue weighted by Crippen LogP contribution is 2.25. The summed E-state index contributed by atoms with van der Waals surface area (Å²) in [5.74, 6) is 0.00749. The minimum atomic E-state index is 0.00749. The summed E-state index contributed by atoms with van der Waals surface area (Å²) in [6.07, 6.45) is 9.06. The molecule has 1 aliphatic heterocycles. The number of benzene rings is 1. The van der Waals surface area contributed by atoms with Gasteiger partial charge in [-0.25, -0.2) is 0 Å². The van der Waals surface area contributed by atoms with E-state index in [4.69, 9.17) is 4.74 Å². The van der Waals surface area contributed by atoms with E-state index in [1.54, 1.807) is 0 Å². The van der Waals surface area contributed by atoms with Gasteiger partial charge in [0.25, 0.3) is 5.91 Å². The standard InChI is InChI=1S/C18H27NO2/c1-2-3-5-10-16-11-12-17(21-16)13-14-19-18(20)15-8-6-4-7-9-15/h4,6-9,16-17H,2-3,5,10-14H2,1H3,(H,19,20). The number of carbonyl (C=O) groups is 1. The predicted molar refractivity (Wildman–Crippen MR) is 85.4 cm³/mol. The fourth-order valence-corrected chi connectivity index (χ4v) is 2.87. The Morgan fingerprint density at radius 2 is 1.86 bits per heavy atom. The number of unbranched alkanes of at least 4 members (excludes halogenated alkanes) is 2. The van der Waals surface area contributed by atoms with E-state index in [0.29, 0.717) is 18.8 Å². The van der Waals surface area contributed by atoms with Gasteiger partial charge in [-0.3, -0.25) is 4.79 Å². The molecule has 2 atom stereocenters. The van der Waals surface area contributed by atoms with Crippen molar-refractivity contribution >= 4 is 5.91 Å². The molecule has 1 aliphatic rings. The van der Waals surface area contributed by atoms with Gasteiger partial charge in [-0.05, 0) is 37.8 Å². The van der Waals surface area contributed by atoms with Crippen LogP contribution in [0.15, 0.2) is 30.3 Å². The van der Waals surface area contributed by atoms with Gasteiger partial charge in [-0.2, -0.15) is 0 Å². The first-order valence-electron chi connectivity index (χ1n) is 8.28. The summed E-state index contributed by atoms with van der Waals surface area (Å²) in [5, 5.41) is 2.97. The quantitative estimate of drug-likeness (QED) is 0.736. The van der Waals surface area contributed by atoms with Gasteiger partial charge in [-0.15, -0.1) is 0 Å². The maximum absolute atomic E-state index is 11.9. The van der Waals surface area contributed by atoms with Gasteiger partial charge in [0.1, 0.15) is 0 Å². The van der Waals surface area contributed by atoms with Crippen LogP contribution in [0.1, 0.15) is 62.2 Å². The smallest absolute Gasteiger partial charge is 0.251 e. The van der Waals surface area contributed by atoms with E-state index in [1.165, 1.54) is 32.1 Å². The molecule has 0 bridgehead atoms. The van der Waals surface area contributed by atoms with Crippen LogP contribution in [0.2, 0.25) is 0 Å². The van der Waals surface area contributed by atoms with E-state index in [1.807, 2.05) is 30.3 Å². The first kappa shape index (κ1) is 16.0. The molecule has 2 rings (SSSR count). The lowest BCUT2D eigenvalue weighted by Gasteiger charge is -2.14. The second kappa shape index (κ2) is 8.83. The largest absolute Gasteiger partial charge is 0.375 e. The summed E-state index contributed by atoms with van der Waals surface area (Å²) in [4.78, 5) is 11.9. The molecule has 0 aromatic heterocycles. The molecule has 1 N–H and O–H groups in total. The lowest BCUT2D eigenvalue weighted by atomic mass is 10.1. The van der Waals surface area contributed by atoms with E-state index in [0.717, 1.165) is 18.4 Å². The summed E-state index contributed by atoms with van der Waals surface area (Å²) >= 11 is 0. The molecule has 1 fully saturated rings. The Kier molecular flexibility index (Phi) is 6.74. The molecule has 3 nitrogen and oxygen atoms in total. The summed E-state index contributed by atoms with van der Waals surface area (Å²) in [5.41, 5.74) is 0.724. The van der Waals surface area contributed by atoms with Crippen molar-refractivity contribution in [3.05, 3.63) is 35.9 Å².